The van der Waals surface area contributed by atoms with Crippen LogP contribution in [0.4, 0.5) is 5.82 Å². The fourth-order valence-corrected chi connectivity index (χ4v) is 4.15. The van der Waals surface area contributed by atoms with Crippen molar-refractivity contribution in [2.45, 2.75) is 19.4 Å². The second-order valence-corrected chi connectivity index (χ2v) is 8.20. The number of imidazole rings is 1. The molecule has 1 aromatic carbocycles. The number of anilines is 1. The lowest BCUT2D eigenvalue weighted by Gasteiger charge is -2.27. The molecule has 5 aromatic rings. The zero-order valence-corrected chi connectivity index (χ0v) is 17.7. The van der Waals surface area contributed by atoms with Crippen molar-refractivity contribution in [3.05, 3.63) is 66.4 Å². The van der Waals surface area contributed by atoms with Gasteiger partial charge in [0, 0.05) is 41.6 Å². The van der Waals surface area contributed by atoms with Crippen LogP contribution in [0.3, 0.4) is 0 Å². The maximum atomic E-state index is 5.39. The minimum atomic E-state index is 0.262. The lowest BCUT2D eigenvalue weighted by molar-refractivity contribution is -0.0218. The number of nitrogens with one attached hydrogen (secondary N) is 2. The quantitative estimate of drug-likeness (QED) is 0.429. The third-order valence-electron chi connectivity index (χ3n) is 5.93. The highest BCUT2D eigenvalue weighted by Gasteiger charge is 2.24. The molecule has 5 heterocycles. The average molecular weight is 425 g/mol. The first kappa shape index (κ1) is 18.9. The summed E-state index contributed by atoms with van der Waals surface area (Å²) >= 11 is 0. The number of benzene rings is 1. The van der Waals surface area contributed by atoms with Crippen LogP contribution in [-0.4, -0.2) is 49.2 Å². The summed E-state index contributed by atoms with van der Waals surface area (Å²) in [6, 6.07) is 10.7. The van der Waals surface area contributed by atoms with Crippen molar-refractivity contribution in [3.63, 3.8) is 0 Å². The van der Waals surface area contributed by atoms with Crippen molar-refractivity contribution in [2.75, 3.05) is 25.1 Å². The van der Waals surface area contributed by atoms with Crippen molar-refractivity contribution in [1.29, 1.82) is 0 Å². The van der Waals surface area contributed by atoms with Gasteiger partial charge in [-0.1, -0.05) is 18.2 Å². The van der Waals surface area contributed by atoms with Gasteiger partial charge in [-0.2, -0.15) is 0 Å². The largest absolute Gasteiger partial charge is 0.377 e. The molecule has 160 valence electrons. The predicted molar refractivity (Wildman–Crippen MR) is 124 cm³/mol. The summed E-state index contributed by atoms with van der Waals surface area (Å²) in [6.45, 7) is 4.12. The Kier molecular flexibility index (Phi) is 4.57. The molecule has 0 unspecified atom stereocenters. The molecule has 1 aliphatic heterocycles. The maximum absolute atomic E-state index is 5.39. The monoisotopic (exact) mass is 425 g/mol. The lowest BCUT2D eigenvalue weighted by Crippen LogP contribution is -2.30. The number of pyridine rings is 1. The Hall–Kier alpha value is -3.78. The van der Waals surface area contributed by atoms with Crippen molar-refractivity contribution < 1.29 is 4.74 Å². The predicted octanol–water partition coefficient (Wildman–Crippen LogP) is 3.90. The van der Waals surface area contributed by atoms with E-state index in [4.69, 9.17) is 14.7 Å². The summed E-state index contributed by atoms with van der Waals surface area (Å²) < 4.78 is 7.48. The van der Waals surface area contributed by atoms with Crippen LogP contribution < -0.4 is 5.32 Å². The van der Waals surface area contributed by atoms with E-state index in [1.165, 1.54) is 10.9 Å². The number of aryl methyl sites for hydroxylation is 1. The van der Waals surface area contributed by atoms with E-state index in [0.717, 1.165) is 46.6 Å². The number of aromatic amines is 1. The summed E-state index contributed by atoms with van der Waals surface area (Å²) in [4.78, 5) is 22.0. The fraction of sp³-hybridized carbons (Fsp3) is 0.250. The Morgan fingerprint density at radius 1 is 1.19 bits per heavy atom. The highest BCUT2D eigenvalue weighted by molar-refractivity contribution is 5.86. The highest BCUT2D eigenvalue weighted by Crippen LogP contribution is 2.28. The normalized spacial score (nSPS) is 14.2. The standard InChI is InChI=1S/C24H23N7O/c1-15-8-17(10-25-9-15)22-29-23(21-24(30-22)31(14-28-21)18-12-32-13-18)26-7-6-16-11-27-20-5-3-2-4-19(16)20/h2-5,8-11,14,18,27H,6-7,12-13H2,1H3,(H,26,29,30). The molecule has 0 atom stereocenters. The molecule has 6 rings (SSSR count). The lowest BCUT2D eigenvalue weighted by atomic mass is 10.1. The van der Waals surface area contributed by atoms with E-state index in [1.807, 2.05) is 25.5 Å². The number of hydrogen-bond donors (Lipinski definition) is 2. The van der Waals surface area contributed by atoms with Gasteiger partial charge >= 0.3 is 0 Å². The Balaban J connectivity index is 1.35. The first-order valence-corrected chi connectivity index (χ1v) is 10.8. The molecular weight excluding hydrogens is 402 g/mol. The molecule has 1 saturated heterocycles. The zero-order valence-electron chi connectivity index (χ0n) is 17.7. The Labute approximate surface area is 184 Å². The fourth-order valence-electron chi connectivity index (χ4n) is 4.15. The van der Waals surface area contributed by atoms with Gasteiger partial charge < -0.3 is 19.6 Å². The molecule has 8 heteroatoms. The van der Waals surface area contributed by atoms with E-state index in [1.54, 1.807) is 6.20 Å². The molecule has 8 nitrogen and oxygen atoms in total. The molecule has 1 fully saturated rings. The van der Waals surface area contributed by atoms with E-state index < -0.39 is 0 Å². The number of para-hydroxylation sites is 1. The second kappa shape index (κ2) is 7.72. The van der Waals surface area contributed by atoms with Gasteiger partial charge in [0.2, 0.25) is 0 Å². The SMILES string of the molecule is Cc1cncc(-c2nc(NCCc3c[nH]c4ccccc34)c3ncn(C4COC4)c3n2)c1. The van der Waals surface area contributed by atoms with Crippen LogP contribution in [0.5, 0.6) is 0 Å². The molecule has 2 N–H and O–H groups in total. The van der Waals surface area contributed by atoms with Gasteiger partial charge in [-0.3, -0.25) is 4.98 Å². The molecule has 0 amide bonds. The second-order valence-electron chi connectivity index (χ2n) is 8.20. The van der Waals surface area contributed by atoms with Crippen LogP contribution in [0, 0.1) is 6.92 Å². The molecule has 4 aromatic heterocycles. The van der Waals surface area contributed by atoms with E-state index in [2.05, 4.69) is 55.3 Å². The van der Waals surface area contributed by atoms with Gasteiger partial charge in [0.15, 0.2) is 17.3 Å². The van der Waals surface area contributed by atoms with Crippen molar-refractivity contribution >= 4 is 27.9 Å². The number of H-pyrrole nitrogens is 1. The first-order valence-electron chi connectivity index (χ1n) is 10.8. The van der Waals surface area contributed by atoms with E-state index in [0.29, 0.717) is 19.0 Å². The summed E-state index contributed by atoms with van der Waals surface area (Å²) in [5, 5.41) is 4.76. The number of rotatable bonds is 6. The molecule has 0 spiro atoms. The summed E-state index contributed by atoms with van der Waals surface area (Å²) in [6.07, 6.45) is 8.43. The molecule has 0 aliphatic carbocycles. The third-order valence-corrected chi connectivity index (χ3v) is 5.93. The summed E-state index contributed by atoms with van der Waals surface area (Å²) in [5.41, 5.74) is 5.99. The molecule has 1 aliphatic rings. The highest BCUT2D eigenvalue weighted by atomic mass is 16.5. The topological polar surface area (TPSA) is 93.5 Å². The van der Waals surface area contributed by atoms with Crippen LogP contribution in [0.1, 0.15) is 17.2 Å². The smallest absolute Gasteiger partial charge is 0.166 e. The molecule has 0 bridgehead atoms. The van der Waals surface area contributed by atoms with Gasteiger partial charge in [-0.25, -0.2) is 15.0 Å². The van der Waals surface area contributed by atoms with Gasteiger partial charge in [0.1, 0.15) is 5.52 Å². The molecule has 32 heavy (non-hydrogen) atoms. The third kappa shape index (κ3) is 3.29. The Morgan fingerprint density at radius 3 is 2.94 bits per heavy atom. The number of hydrogen-bond acceptors (Lipinski definition) is 6. The van der Waals surface area contributed by atoms with Crippen molar-refractivity contribution in [2.24, 2.45) is 0 Å². The van der Waals surface area contributed by atoms with E-state index in [9.17, 15) is 0 Å². The minimum Gasteiger partial charge on any atom is -0.377 e. The van der Waals surface area contributed by atoms with Crippen LogP contribution in [0.15, 0.2) is 55.2 Å². The van der Waals surface area contributed by atoms with Gasteiger partial charge in [0.25, 0.3) is 0 Å². The Bertz CT molecular complexity index is 1420. The molecular formula is C24H23N7O. The van der Waals surface area contributed by atoms with Crippen LogP contribution in [-0.2, 0) is 11.2 Å². The van der Waals surface area contributed by atoms with Crippen molar-refractivity contribution in [1.82, 2.24) is 29.5 Å². The van der Waals surface area contributed by atoms with E-state index in [-0.39, 0.29) is 6.04 Å². The average Bonchev–Trinajstić information content (AvgIpc) is 3.37. The van der Waals surface area contributed by atoms with Gasteiger partial charge in [-0.05, 0) is 36.6 Å². The van der Waals surface area contributed by atoms with Crippen molar-refractivity contribution in [3.8, 4) is 11.4 Å². The van der Waals surface area contributed by atoms with Gasteiger partial charge in [-0.15, -0.1) is 0 Å². The van der Waals surface area contributed by atoms with Crippen LogP contribution in [0.2, 0.25) is 0 Å². The Morgan fingerprint density at radius 2 is 2.09 bits per heavy atom. The number of nitrogens with zero attached hydrogens (tertiary/aromatic N) is 5. The summed E-state index contributed by atoms with van der Waals surface area (Å²) in [7, 11) is 0. The van der Waals surface area contributed by atoms with E-state index >= 15 is 0 Å². The molecule has 0 saturated carbocycles. The maximum Gasteiger partial charge on any atom is 0.166 e. The number of ether oxygens (including phenoxy) is 1. The minimum absolute atomic E-state index is 0.262. The number of fused-ring (bicyclic) bond motifs is 2. The first-order chi connectivity index (χ1) is 15.8. The number of aromatic nitrogens is 6. The summed E-state index contributed by atoms with van der Waals surface area (Å²) in [5.74, 6) is 1.38. The van der Waals surface area contributed by atoms with Crippen LogP contribution in [0.25, 0.3) is 33.5 Å². The van der Waals surface area contributed by atoms with Crippen LogP contribution >= 0.6 is 0 Å². The zero-order chi connectivity index (χ0) is 21.5. The molecule has 0 radical (unpaired) electrons. The van der Waals surface area contributed by atoms with Gasteiger partial charge in [0.05, 0.1) is 25.6 Å².